The Morgan fingerprint density at radius 3 is 2.75 bits per heavy atom. The van der Waals surface area contributed by atoms with Crippen LogP contribution >= 0.6 is 11.6 Å². The molecule has 0 unspecified atom stereocenters. The Bertz CT molecular complexity index is 1080. The largest absolute Gasteiger partial charge is 0.508 e. The molecule has 0 fully saturated rings. The first-order valence-corrected chi connectivity index (χ1v) is 11.6. The van der Waals surface area contributed by atoms with Crippen LogP contribution in [-0.4, -0.2) is 29.0 Å². The highest BCUT2D eigenvalue weighted by Gasteiger charge is 2.19. The van der Waals surface area contributed by atoms with E-state index >= 15 is 0 Å². The van der Waals surface area contributed by atoms with Crippen LogP contribution < -0.4 is 5.32 Å². The van der Waals surface area contributed by atoms with E-state index in [9.17, 15) is 9.90 Å². The second kappa shape index (κ2) is 10.7. The number of phenolic OH excluding ortho intramolecular Hbond substituents is 1. The van der Waals surface area contributed by atoms with Gasteiger partial charge in [-0.25, -0.2) is 0 Å². The number of halogens is 1. The third-order valence-electron chi connectivity index (χ3n) is 6.00. The van der Waals surface area contributed by atoms with Crippen molar-refractivity contribution in [2.45, 2.75) is 38.8 Å². The minimum absolute atomic E-state index is 0.00862. The van der Waals surface area contributed by atoms with Gasteiger partial charge in [0, 0.05) is 36.8 Å². The van der Waals surface area contributed by atoms with Crippen LogP contribution in [0.1, 0.15) is 45.5 Å². The van der Waals surface area contributed by atoms with Crippen molar-refractivity contribution in [3.8, 4) is 5.75 Å². The molecule has 0 radical (unpaired) electrons. The second-order valence-electron chi connectivity index (χ2n) is 8.41. The zero-order valence-electron chi connectivity index (χ0n) is 18.2. The summed E-state index contributed by atoms with van der Waals surface area (Å²) in [7, 11) is 0. The molecule has 0 spiro atoms. The van der Waals surface area contributed by atoms with Crippen molar-refractivity contribution in [1.82, 2.24) is 10.2 Å². The summed E-state index contributed by atoms with van der Waals surface area (Å²) >= 11 is 6.04. The van der Waals surface area contributed by atoms with Crippen LogP contribution in [0.3, 0.4) is 0 Å². The number of amides is 1. The Hall–Kier alpha value is -2.82. The van der Waals surface area contributed by atoms with Gasteiger partial charge >= 0.3 is 0 Å². The summed E-state index contributed by atoms with van der Waals surface area (Å²) in [6.07, 6.45) is 3.80. The predicted molar refractivity (Wildman–Crippen MR) is 129 cm³/mol. The minimum atomic E-state index is -0.00862. The van der Waals surface area contributed by atoms with Gasteiger partial charge in [0.1, 0.15) is 5.75 Å². The van der Waals surface area contributed by atoms with Gasteiger partial charge in [-0.1, -0.05) is 48.0 Å². The van der Waals surface area contributed by atoms with Crippen molar-refractivity contribution in [3.05, 3.63) is 99.6 Å². The molecule has 1 amide bonds. The number of unbranched alkanes of at least 4 members (excludes halogenated alkanes) is 1. The predicted octanol–water partition coefficient (Wildman–Crippen LogP) is 5.36. The third kappa shape index (κ3) is 5.90. The lowest BCUT2D eigenvalue weighted by atomic mass is 9.98. The fourth-order valence-electron chi connectivity index (χ4n) is 4.30. The molecule has 0 saturated heterocycles. The van der Waals surface area contributed by atoms with Gasteiger partial charge in [-0.2, -0.15) is 0 Å². The van der Waals surface area contributed by atoms with Gasteiger partial charge < -0.3 is 10.4 Å². The van der Waals surface area contributed by atoms with Crippen molar-refractivity contribution in [3.63, 3.8) is 0 Å². The first-order valence-electron chi connectivity index (χ1n) is 11.2. The van der Waals surface area contributed by atoms with E-state index < -0.39 is 0 Å². The number of phenols is 1. The summed E-state index contributed by atoms with van der Waals surface area (Å²) in [4.78, 5) is 15.2. The monoisotopic (exact) mass is 448 g/mol. The van der Waals surface area contributed by atoms with Crippen molar-refractivity contribution < 1.29 is 9.90 Å². The van der Waals surface area contributed by atoms with Crippen LogP contribution in [0.5, 0.6) is 5.75 Å². The van der Waals surface area contributed by atoms with E-state index in [0.717, 1.165) is 61.5 Å². The van der Waals surface area contributed by atoms with Gasteiger partial charge in [0.2, 0.25) is 0 Å². The molecule has 1 heterocycles. The normalized spacial score (nSPS) is 13.5. The number of aromatic hydroxyl groups is 1. The highest BCUT2D eigenvalue weighted by Crippen LogP contribution is 2.24. The lowest BCUT2D eigenvalue weighted by Crippen LogP contribution is -2.31. The van der Waals surface area contributed by atoms with Gasteiger partial charge in [0.15, 0.2) is 0 Å². The molecule has 1 aliphatic heterocycles. The van der Waals surface area contributed by atoms with E-state index in [2.05, 4.69) is 16.3 Å². The number of nitrogens with zero attached hydrogens (tertiary/aromatic N) is 1. The summed E-state index contributed by atoms with van der Waals surface area (Å²) in [5.74, 6) is 0.317. The van der Waals surface area contributed by atoms with Crippen LogP contribution in [-0.2, 0) is 25.9 Å². The van der Waals surface area contributed by atoms with Crippen LogP contribution in [0.15, 0.2) is 66.7 Å². The average Bonchev–Trinajstić information content (AvgIpc) is 2.79. The Morgan fingerprint density at radius 2 is 1.88 bits per heavy atom. The van der Waals surface area contributed by atoms with Crippen molar-refractivity contribution in [1.29, 1.82) is 0 Å². The summed E-state index contributed by atoms with van der Waals surface area (Å²) in [6, 6.07) is 21.4. The highest BCUT2D eigenvalue weighted by atomic mass is 35.5. The van der Waals surface area contributed by atoms with E-state index in [0.29, 0.717) is 12.3 Å². The molecule has 166 valence electrons. The summed E-state index contributed by atoms with van der Waals surface area (Å²) in [5.41, 5.74) is 5.48. The van der Waals surface area contributed by atoms with Crippen molar-refractivity contribution in [2.24, 2.45) is 0 Å². The first kappa shape index (κ1) is 22.4. The molecule has 0 aliphatic carbocycles. The summed E-state index contributed by atoms with van der Waals surface area (Å²) in [6.45, 7) is 3.14. The topological polar surface area (TPSA) is 52.6 Å². The van der Waals surface area contributed by atoms with Gasteiger partial charge in [0.05, 0.1) is 0 Å². The Kier molecular flexibility index (Phi) is 7.46. The first-order chi connectivity index (χ1) is 15.6. The van der Waals surface area contributed by atoms with Gasteiger partial charge in [-0.05, 0) is 78.3 Å². The Morgan fingerprint density at radius 1 is 1.00 bits per heavy atom. The molecular formula is C27H29ClN2O2. The smallest absolute Gasteiger partial charge is 0.251 e. The highest BCUT2D eigenvalue weighted by molar-refractivity contribution is 6.30. The molecule has 1 aliphatic rings. The number of hydrogen-bond donors (Lipinski definition) is 2. The molecule has 0 aromatic heterocycles. The van der Waals surface area contributed by atoms with Crippen molar-refractivity contribution >= 4 is 17.5 Å². The maximum Gasteiger partial charge on any atom is 0.251 e. The summed E-state index contributed by atoms with van der Waals surface area (Å²) < 4.78 is 0. The molecule has 32 heavy (non-hydrogen) atoms. The number of rotatable bonds is 8. The number of nitrogens with one attached hydrogen (secondary N) is 1. The number of carbonyl (C=O) groups excluding carboxylic acids is 1. The number of carbonyl (C=O) groups is 1. The molecule has 0 atom stereocenters. The van der Waals surface area contributed by atoms with E-state index in [1.54, 1.807) is 6.07 Å². The van der Waals surface area contributed by atoms with Gasteiger partial charge in [-0.3, -0.25) is 9.69 Å². The Balaban J connectivity index is 1.29. The lowest BCUT2D eigenvalue weighted by molar-refractivity contribution is 0.0950. The van der Waals surface area contributed by atoms with E-state index in [-0.39, 0.29) is 5.91 Å². The number of benzene rings is 3. The second-order valence-corrected chi connectivity index (χ2v) is 8.85. The third-order valence-corrected chi connectivity index (χ3v) is 6.24. The van der Waals surface area contributed by atoms with Gasteiger partial charge in [-0.15, -0.1) is 0 Å². The van der Waals surface area contributed by atoms with Crippen molar-refractivity contribution in [2.75, 3.05) is 13.1 Å². The zero-order valence-corrected chi connectivity index (χ0v) is 18.9. The number of aryl methyl sites for hydroxylation is 1. The average molecular weight is 449 g/mol. The zero-order chi connectivity index (χ0) is 22.3. The summed E-state index contributed by atoms with van der Waals surface area (Å²) in [5, 5.41) is 13.5. The lowest BCUT2D eigenvalue weighted by Gasteiger charge is -2.29. The standard InChI is InChI=1S/C27H29ClN2O2/c28-24-9-5-7-20(16-24)6-3-4-14-29-27(32)26-10-2-1-8-23(26)19-30-15-13-21-17-25(31)12-11-22(21)18-30/h1-2,5,7-12,16-17,31H,3-4,6,13-15,18-19H2,(H,29,32). The quantitative estimate of drug-likeness (QED) is 0.456. The molecule has 0 bridgehead atoms. The minimum Gasteiger partial charge on any atom is -0.508 e. The molecule has 4 nitrogen and oxygen atoms in total. The molecule has 5 heteroatoms. The number of fused-ring (bicyclic) bond motifs is 1. The fourth-order valence-corrected chi connectivity index (χ4v) is 4.51. The van der Waals surface area contributed by atoms with Crippen LogP contribution in [0.25, 0.3) is 0 Å². The Labute approximate surface area is 194 Å². The van der Waals surface area contributed by atoms with E-state index in [1.807, 2.05) is 54.6 Å². The van der Waals surface area contributed by atoms with Crippen LogP contribution in [0.2, 0.25) is 5.02 Å². The van der Waals surface area contributed by atoms with E-state index in [1.165, 1.54) is 16.7 Å². The fraction of sp³-hybridized carbons (Fsp3) is 0.296. The van der Waals surface area contributed by atoms with Gasteiger partial charge in [0.25, 0.3) is 5.91 Å². The molecule has 4 rings (SSSR count). The molecule has 2 N–H and O–H groups in total. The molecule has 3 aromatic carbocycles. The van der Waals surface area contributed by atoms with Crippen LogP contribution in [0, 0.1) is 0 Å². The van der Waals surface area contributed by atoms with E-state index in [4.69, 9.17) is 11.6 Å². The molecule has 3 aromatic rings. The maximum atomic E-state index is 12.8. The molecular weight excluding hydrogens is 420 g/mol. The number of hydrogen-bond acceptors (Lipinski definition) is 3. The molecule has 0 saturated carbocycles. The maximum absolute atomic E-state index is 12.8. The SMILES string of the molecule is O=C(NCCCCc1cccc(Cl)c1)c1ccccc1CN1CCc2cc(O)ccc2C1. The van der Waals surface area contributed by atoms with Crippen LogP contribution in [0.4, 0.5) is 0 Å².